The van der Waals surface area contributed by atoms with Crippen molar-refractivity contribution in [3.05, 3.63) is 52.9 Å². The number of benzene rings is 1. The second-order valence-corrected chi connectivity index (χ2v) is 11.3. The first-order valence-electron chi connectivity index (χ1n) is 11.6. The zero-order chi connectivity index (χ0) is 24.6. The van der Waals surface area contributed by atoms with E-state index < -0.39 is 0 Å². The van der Waals surface area contributed by atoms with Crippen LogP contribution in [0.5, 0.6) is 5.75 Å². The molecule has 0 spiro atoms. The molecule has 0 saturated carbocycles. The highest BCUT2D eigenvalue weighted by Crippen LogP contribution is 2.33. The first-order chi connectivity index (χ1) is 17.0. The Morgan fingerprint density at radius 1 is 1.29 bits per heavy atom. The summed E-state index contributed by atoms with van der Waals surface area (Å²) in [6, 6.07) is 11.7. The number of aliphatic imine (C=N–C) groups is 1. The van der Waals surface area contributed by atoms with Gasteiger partial charge < -0.3 is 24.9 Å². The van der Waals surface area contributed by atoms with E-state index in [1.165, 1.54) is 31.5 Å². The van der Waals surface area contributed by atoms with Crippen LogP contribution >= 0.6 is 35.7 Å². The van der Waals surface area contributed by atoms with Gasteiger partial charge in [-0.2, -0.15) is 11.8 Å². The molecule has 2 aliphatic rings. The Labute approximate surface area is 219 Å². The molecule has 3 aromatic rings. The average molecular weight is 530 g/mol. The first kappa shape index (κ1) is 25.8. The van der Waals surface area contributed by atoms with Gasteiger partial charge in [0, 0.05) is 61.1 Å². The summed E-state index contributed by atoms with van der Waals surface area (Å²) in [5.74, 6) is 3.19. The maximum absolute atomic E-state index is 11.2. The Balaban J connectivity index is 0.000000356. The van der Waals surface area contributed by atoms with E-state index in [2.05, 4.69) is 26.3 Å². The van der Waals surface area contributed by atoms with Crippen LogP contribution in [0.1, 0.15) is 12.6 Å². The Morgan fingerprint density at radius 3 is 2.77 bits per heavy atom. The van der Waals surface area contributed by atoms with Crippen LogP contribution in [0.2, 0.25) is 0 Å². The average Bonchev–Trinajstić information content (AvgIpc) is 3.51. The molecule has 5 rings (SSSR count). The van der Waals surface area contributed by atoms with Gasteiger partial charge in [0.1, 0.15) is 22.0 Å². The minimum absolute atomic E-state index is 0.0101. The number of anilines is 1. The zero-order valence-electron chi connectivity index (χ0n) is 20.0. The fourth-order valence-corrected chi connectivity index (χ4v) is 6.17. The SMILES string of the molecule is CNc1cc(OCC(C)=O)cc2cc(C3=NCC(CN4CCSCC4)S3)[nH]c12.S=c1cccc[nH]1. The van der Waals surface area contributed by atoms with Gasteiger partial charge in [0.2, 0.25) is 0 Å². The van der Waals surface area contributed by atoms with Crippen molar-refractivity contribution in [2.24, 2.45) is 4.99 Å². The Bertz CT molecular complexity index is 1220. The van der Waals surface area contributed by atoms with Gasteiger partial charge in [-0.3, -0.25) is 9.79 Å². The minimum atomic E-state index is 0.0101. The van der Waals surface area contributed by atoms with Gasteiger partial charge in [-0.25, -0.2) is 0 Å². The molecule has 7 nitrogen and oxygen atoms in total. The molecule has 1 unspecified atom stereocenters. The van der Waals surface area contributed by atoms with Gasteiger partial charge >= 0.3 is 0 Å². The van der Waals surface area contributed by atoms with E-state index in [4.69, 9.17) is 21.9 Å². The molecule has 0 radical (unpaired) electrons. The van der Waals surface area contributed by atoms with E-state index in [0.29, 0.717) is 11.0 Å². The van der Waals surface area contributed by atoms with Crippen LogP contribution in [0.3, 0.4) is 0 Å². The van der Waals surface area contributed by atoms with Crippen molar-refractivity contribution in [2.75, 3.05) is 56.7 Å². The third-order valence-electron chi connectivity index (χ3n) is 5.61. The van der Waals surface area contributed by atoms with Crippen molar-refractivity contribution in [1.29, 1.82) is 0 Å². The fraction of sp³-hybridized carbons (Fsp3) is 0.400. The number of aromatic amines is 2. The molecule has 4 heterocycles. The summed E-state index contributed by atoms with van der Waals surface area (Å²) in [5, 5.41) is 5.88. The summed E-state index contributed by atoms with van der Waals surface area (Å²) in [7, 11) is 1.89. The molecular formula is C25H31N5O2S3. The van der Waals surface area contributed by atoms with E-state index >= 15 is 0 Å². The number of nitrogens with one attached hydrogen (secondary N) is 3. The lowest BCUT2D eigenvalue weighted by molar-refractivity contribution is -0.118. The molecule has 0 aliphatic carbocycles. The summed E-state index contributed by atoms with van der Waals surface area (Å²) in [6.45, 7) is 6.00. The summed E-state index contributed by atoms with van der Waals surface area (Å²) >= 11 is 8.68. The number of rotatable bonds is 7. The number of carbonyl (C=O) groups is 1. The van der Waals surface area contributed by atoms with Crippen LogP contribution in [0.4, 0.5) is 5.69 Å². The number of ketones is 1. The van der Waals surface area contributed by atoms with Gasteiger partial charge in [-0.1, -0.05) is 30.0 Å². The van der Waals surface area contributed by atoms with E-state index in [-0.39, 0.29) is 12.4 Å². The smallest absolute Gasteiger partial charge is 0.167 e. The van der Waals surface area contributed by atoms with Crippen molar-refractivity contribution in [1.82, 2.24) is 14.9 Å². The molecule has 10 heteroatoms. The molecule has 2 aromatic heterocycles. The standard InChI is InChI=1S/C20H26N4O2S2.C5H5NS/c1-13(25)12-26-15-7-14-8-18(23-19(14)17(9-15)21-2)20-22-10-16(28-20)11-24-3-5-27-6-4-24;7-5-3-1-2-4-6-5/h7-9,16,21,23H,3-6,10-12H2,1-2H3;1-4H,(H,6,7). The summed E-state index contributed by atoms with van der Waals surface area (Å²) < 4.78 is 6.39. The molecule has 0 amide bonds. The lowest BCUT2D eigenvalue weighted by Gasteiger charge is -2.28. The number of Topliss-reactive ketones (excluding diaryl/α,β-unsaturated/α-hetero) is 1. The molecule has 2 aliphatic heterocycles. The van der Waals surface area contributed by atoms with Crippen LogP contribution in [-0.2, 0) is 4.79 Å². The van der Waals surface area contributed by atoms with E-state index in [1.54, 1.807) is 0 Å². The predicted octanol–water partition coefficient (Wildman–Crippen LogP) is 4.83. The van der Waals surface area contributed by atoms with Crippen LogP contribution in [0.25, 0.3) is 10.9 Å². The third kappa shape index (κ3) is 7.36. The number of ether oxygens (including phenoxy) is 1. The second kappa shape index (κ2) is 12.6. The van der Waals surface area contributed by atoms with Gasteiger partial charge in [-0.05, 0) is 31.2 Å². The van der Waals surface area contributed by atoms with Gasteiger partial charge in [-0.15, -0.1) is 0 Å². The van der Waals surface area contributed by atoms with Crippen molar-refractivity contribution in [3.63, 3.8) is 0 Å². The van der Waals surface area contributed by atoms with Crippen LogP contribution in [0, 0.1) is 4.64 Å². The molecule has 1 fully saturated rings. The molecule has 1 aromatic carbocycles. The number of hydrogen-bond donors (Lipinski definition) is 3. The van der Waals surface area contributed by atoms with Crippen LogP contribution < -0.4 is 10.1 Å². The number of pyridine rings is 1. The Hall–Kier alpha value is -2.27. The number of hydrogen-bond acceptors (Lipinski definition) is 8. The molecule has 1 saturated heterocycles. The topological polar surface area (TPSA) is 85.5 Å². The van der Waals surface area contributed by atoms with Crippen molar-refractivity contribution < 1.29 is 9.53 Å². The number of H-pyrrole nitrogens is 2. The van der Waals surface area contributed by atoms with Gasteiger partial charge in [0.25, 0.3) is 0 Å². The highest BCUT2D eigenvalue weighted by Gasteiger charge is 2.25. The molecule has 186 valence electrons. The van der Waals surface area contributed by atoms with Crippen molar-refractivity contribution in [3.8, 4) is 5.75 Å². The van der Waals surface area contributed by atoms with E-state index in [9.17, 15) is 4.79 Å². The summed E-state index contributed by atoms with van der Waals surface area (Å²) in [6.07, 6.45) is 1.81. The van der Waals surface area contributed by atoms with Gasteiger partial charge in [0.15, 0.2) is 5.78 Å². The highest BCUT2D eigenvalue weighted by molar-refractivity contribution is 8.15. The lowest BCUT2D eigenvalue weighted by atomic mass is 10.2. The Morgan fingerprint density at radius 2 is 2.11 bits per heavy atom. The zero-order valence-corrected chi connectivity index (χ0v) is 22.5. The molecule has 0 bridgehead atoms. The largest absolute Gasteiger partial charge is 0.486 e. The molecular weight excluding hydrogens is 499 g/mol. The van der Waals surface area contributed by atoms with Crippen molar-refractivity contribution >= 4 is 63.2 Å². The maximum atomic E-state index is 11.2. The molecule has 1 atom stereocenters. The van der Waals surface area contributed by atoms with Crippen LogP contribution in [-0.4, -0.2) is 82.3 Å². The van der Waals surface area contributed by atoms with Crippen LogP contribution in [0.15, 0.2) is 47.6 Å². The molecule has 35 heavy (non-hydrogen) atoms. The number of aromatic nitrogens is 2. The normalized spacial score (nSPS) is 18.0. The van der Waals surface area contributed by atoms with E-state index in [0.717, 1.165) is 45.1 Å². The van der Waals surface area contributed by atoms with Crippen molar-refractivity contribution in [2.45, 2.75) is 12.2 Å². The van der Waals surface area contributed by atoms with E-state index in [1.807, 2.05) is 67.1 Å². The number of fused-ring (bicyclic) bond motifs is 1. The fourth-order valence-electron chi connectivity index (χ4n) is 3.91. The maximum Gasteiger partial charge on any atom is 0.167 e. The highest BCUT2D eigenvalue weighted by atomic mass is 32.2. The number of thioether (sulfide) groups is 2. The lowest BCUT2D eigenvalue weighted by Crippen LogP contribution is -2.37. The second-order valence-electron chi connectivity index (χ2n) is 8.38. The summed E-state index contributed by atoms with van der Waals surface area (Å²) in [4.78, 5) is 25.0. The monoisotopic (exact) mass is 529 g/mol. The molecule has 3 N–H and O–H groups in total. The van der Waals surface area contributed by atoms with Gasteiger partial charge in [0.05, 0.1) is 23.4 Å². The quantitative estimate of drug-likeness (QED) is 0.378. The number of carbonyl (C=O) groups excluding carboxylic acids is 1. The Kier molecular flexibility index (Phi) is 9.31. The third-order valence-corrected chi connectivity index (χ3v) is 8.01. The predicted molar refractivity (Wildman–Crippen MR) is 152 cm³/mol. The first-order valence-corrected chi connectivity index (χ1v) is 14.1. The number of nitrogens with zero attached hydrogens (tertiary/aromatic N) is 2. The minimum Gasteiger partial charge on any atom is -0.486 e. The summed E-state index contributed by atoms with van der Waals surface area (Å²) in [5.41, 5.74) is 3.04.